The molecule has 0 fully saturated rings. The Hall–Kier alpha value is -0.980. The molecule has 0 aliphatic rings. The van der Waals surface area contributed by atoms with E-state index in [1.54, 1.807) is 0 Å². The van der Waals surface area contributed by atoms with Crippen LogP contribution in [0.15, 0.2) is 17.2 Å². The van der Waals surface area contributed by atoms with Crippen LogP contribution >= 0.6 is 0 Å². The van der Waals surface area contributed by atoms with Crippen molar-refractivity contribution in [1.29, 1.82) is 0 Å². The van der Waals surface area contributed by atoms with Gasteiger partial charge in [-0.05, 0) is 0 Å². The van der Waals surface area contributed by atoms with E-state index >= 15 is 0 Å². The van der Waals surface area contributed by atoms with E-state index in [1.807, 2.05) is 0 Å². The molecular formula is C6H6N5NaO. The molecule has 0 aliphatic heterocycles. The molecule has 2 aromatic rings. The first kappa shape index (κ1) is 10.1. The summed E-state index contributed by atoms with van der Waals surface area (Å²) in [5.74, 6) is 0.0491. The fourth-order valence-corrected chi connectivity index (χ4v) is 0.898. The van der Waals surface area contributed by atoms with E-state index < -0.39 is 5.56 Å². The van der Waals surface area contributed by atoms with Crippen molar-refractivity contribution in [2.24, 2.45) is 0 Å². The number of aromatic nitrogens is 4. The first-order valence-electron chi connectivity index (χ1n) is 3.24. The Morgan fingerprint density at radius 2 is 2.00 bits per heavy atom. The predicted octanol–water partition coefficient (Wildman–Crippen LogP) is -1.35. The summed E-state index contributed by atoms with van der Waals surface area (Å²) in [6, 6.07) is 0. The summed E-state index contributed by atoms with van der Waals surface area (Å²) in [5, 5.41) is 0. The SMILES string of the molecule is Nc1nc(=O)c2nccnc2[nH]1.[NaH]. The van der Waals surface area contributed by atoms with Gasteiger partial charge in [-0.3, -0.25) is 4.79 Å². The van der Waals surface area contributed by atoms with E-state index in [0.717, 1.165) is 0 Å². The molecular weight excluding hydrogens is 181 g/mol. The fraction of sp³-hybridized carbons (Fsp3) is 0. The molecule has 0 saturated heterocycles. The van der Waals surface area contributed by atoms with Crippen molar-refractivity contribution < 1.29 is 0 Å². The number of rotatable bonds is 0. The second-order valence-electron chi connectivity index (χ2n) is 2.18. The van der Waals surface area contributed by atoms with Crippen molar-refractivity contribution in [2.75, 3.05) is 5.73 Å². The van der Waals surface area contributed by atoms with Crippen molar-refractivity contribution in [3.63, 3.8) is 0 Å². The quantitative estimate of drug-likeness (QED) is 0.497. The number of nitrogens with one attached hydrogen (secondary N) is 1. The van der Waals surface area contributed by atoms with Crippen LogP contribution in [0, 0.1) is 0 Å². The molecule has 0 spiro atoms. The van der Waals surface area contributed by atoms with E-state index in [0.29, 0.717) is 5.65 Å². The van der Waals surface area contributed by atoms with Crippen molar-refractivity contribution in [3.05, 3.63) is 22.7 Å². The number of nitrogen functional groups attached to an aromatic ring is 1. The van der Waals surface area contributed by atoms with Gasteiger partial charge in [0.1, 0.15) is 0 Å². The van der Waals surface area contributed by atoms with Crippen LogP contribution in [-0.2, 0) is 0 Å². The standard InChI is InChI=1S/C6H5N5O.Na.H/c7-6-10-4-3(5(12)11-6)8-1-2-9-4;;/h1-2H,(H3,7,9,10,11,12);;. The third-order valence-electron chi connectivity index (χ3n) is 1.37. The molecule has 0 amide bonds. The van der Waals surface area contributed by atoms with Crippen LogP contribution in [0.1, 0.15) is 0 Å². The molecule has 0 aromatic carbocycles. The molecule has 7 heteroatoms. The monoisotopic (exact) mass is 187 g/mol. The molecule has 2 rings (SSSR count). The van der Waals surface area contributed by atoms with Crippen LogP contribution in [-0.4, -0.2) is 49.5 Å². The normalized spacial score (nSPS) is 9.54. The number of nitrogens with zero attached hydrogens (tertiary/aromatic N) is 3. The number of fused-ring (bicyclic) bond motifs is 1. The Labute approximate surface area is 94.9 Å². The van der Waals surface area contributed by atoms with Crippen LogP contribution in [0.4, 0.5) is 5.95 Å². The van der Waals surface area contributed by atoms with Gasteiger partial charge in [0.05, 0.1) is 0 Å². The number of aromatic amines is 1. The zero-order valence-corrected chi connectivity index (χ0v) is 5.98. The van der Waals surface area contributed by atoms with Gasteiger partial charge >= 0.3 is 35.1 Å². The minimum atomic E-state index is -0.464. The van der Waals surface area contributed by atoms with Gasteiger partial charge in [-0.15, -0.1) is 0 Å². The van der Waals surface area contributed by atoms with Gasteiger partial charge in [-0.2, -0.15) is 4.98 Å². The number of H-pyrrole nitrogens is 1. The molecule has 0 unspecified atom stereocenters. The van der Waals surface area contributed by atoms with Gasteiger partial charge in [0.25, 0.3) is 0 Å². The topological polar surface area (TPSA) is 97.6 Å². The summed E-state index contributed by atoms with van der Waals surface area (Å²) in [6.07, 6.45) is 2.90. The summed E-state index contributed by atoms with van der Waals surface area (Å²) in [7, 11) is 0. The van der Waals surface area contributed by atoms with Gasteiger partial charge in [0, 0.05) is 12.4 Å². The fourth-order valence-electron chi connectivity index (χ4n) is 0.898. The summed E-state index contributed by atoms with van der Waals surface area (Å²) in [4.78, 5) is 24.8. The average molecular weight is 187 g/mol. The number of hydrogen-bond acceptors (Lipinski definition) is 5. The minimum absolute atomic E-state index is 0. The molecule has 6 nitrogen and oxygen atoms in total. The molecule has 0 aliphatic carbocycles. The van der Waals surface area contributed by atoms with Crippen molar-refractivity contribution >= 4 is 46.7 Å². The summed E-state index contributed by atoms with van der Waals surface area (Å²) < 4.78 is 0. The Kier molecular flexibility index (Phi) is 2.97. The van der Waals surface area contributed by atoms with Gasteiger partial charge in [-0.25, -0.2) is 9.97 Å². The van der Waals surface area contributed by atoms with E-state index in [2.05, 4.69) is 19.9 Å². The molecule has 0 bridgehead atoms. The summed E-state index contributed by atoms with van der Waals surface area (Å²) in [5.41, 5.74) is 5.38. The molecule has 62 valence electrons. The Morgan fingerprint density at radius 3 is 2.77 bits per heavy atom. The molecule has 2 heterocycles. The van der Waals surface area contributed by atoms with E-state index in [9.17, 15) is 4.79 Å². The van der Waals surface area contributed by atoms with Gasteiger partial charge < -0.3 is 10.7 Å². The predicted molar refractivity (Wildman–Crippen MR) is 49.5 cm³/mol. The zero-order valence-electron chi connectivity index (χ0n) is 5.98. The molecule has 3 N–H and O–H groups in total. The average Bonchev–Trinajstić information content (AvgIpc) is 2.04. The maximum absolute atomic E-state index is 11.1. The van der Waals surface area contributed by atoms with Crippen molar-refractivity contribution in [3.8, 4) is 0 Å². The number of nitrogens with two attached hydrogens (primary N) is 1. The maximum atomic E-state index is 11.1. The second-order valence-corrected chi connectivity index (χ2v) is 2.18. The van der Waals surface area contributed by atoms with E-state index in [-0.39, 0.29) is 41.0 Å². The third-order valence-corrected chi connectivity index (χ3v) is 1.37. The summed E-state index contributed by atoms with van der Waals surface area (Å²) in [6.45, 7) is 0. The first-order valence-corrected chi connectivity index (χ1v) is 3.24. The molecule has 13 heavy (non-hydrogen) atoms. The van der Waals surface area contributed by atoms with Crippen LogP contribution in [0.5, 0.6) is 0 Å². The van der Waals surface area contributed by atoms with Crippen molar-refractivity contribution in [2.45, 2.75) is 0 Å². The Morgan fingerprint density at radius 1 is 1.31 bits per heavy atom. The van der Waals surface area contributed by atoms with Gasteiger partial charge in [0.2, 0.25) is 5.95 Å². The van der Waals surface area contributed by atoms with E-state index in [4.69, 9.17) is 5.73 Å². The first-order chi connectivity index (χ1) is 5.77. The Balaban J connectivity index is 0.000000845. The second kappa shape index (κ2) is 3.82. The molecule has 0 atom stereocenters. The third kappa shape index (κ3) is 1.85. The van der Waals surface area contributed by atoms with Crippen LogP contribution in [0.25, 0.3) is 11.2 Å². The molecule has 2 aromatic heterocycles. The Bertz CT molecular complexity index is 482. The van der Waals surface area contributed by atoms with Crippen molar-refractivity contribution in [1.82, 2.24) is 19.9 Å². The zero-order chi connectivity index (χ0) is 8.55. The van der Waals surface area contributed by atoms with E-state index in [1.165, 1.54) is 12.4 Å². The van der Waals surface area contributed by atoms with Gasteiger partial charge in [0.15, 0.2) is 11.2 Å². The molecule has 0 saturated carbocycles. The molecule has 0 radical (unpaired) electrons. The van der Waals surface area contributed by atoms with Crippen LogP contribution < -0.4 is 11.3 Å². The number of hydrogen-bond donors (Lipinski definition) is 2. The van der Waals surface area contributed by atoms with Gasteiger partial charge in [-0.1, -0.05) is 0 Å². The van der Waals surface area contributed by atoms with Crippen LogP contribution in [0.3, 0.4) is 0 Å². The summed E-state index contributed by atoms with van der Waals surface area (Å²) >= 11 is 0. The number of anilines is 1. The van der Waals surface area contributed by atoms with Crippen LogP contribution in [0.2, 0.25) is 0 Å².